The molecule has 3 aromatic heterocycles. The molecule has 0 aliphatic carbocycles. The van der Waals surface area contributed by atoms with E-state index in [9.17, 15) is 0 Å². The molecule has 3 heterocycles. The van der Waals surface area contributed by atoms with Crippen molar-refractivity contribution in [3.8, 4) is 61.7 Å². The van der Waals surface area contributed by atoms with Gasteiger partial charge in [-0.15, -0.1) is 35.9 Å². The van der Waals surface area contributed by atoms with Crippen LogP contribution in [0.1, 0.15) is 26.4 Å². The van der Waals surface area contributed by atoms with E-state index in [-0.39, 0.29) is 25.7 Å². The van der Waals surface area contributed by atoms with E-state index in [4.69, 9.17) is 13.5 Å². The summed E-state index contributed by atoms with van der Waals surface area (Å²) in [6.07, 6.45) is 4.67. The molecule has 0 aliphatic rings. The van der Waals surface area contributed by atoms with Crippen molar-refractivity contribution in [1.29, 1.82) is 0 Å². The van der Waals surface area contributed by atoms with Crippen LogP contribution in [0.15, 0.2) is 180 Å². The third-order valence-electron chi connectivity index (χ3n) is 10.5. The Balaban J connectivity index is 0.000000263. The molecule has 0 spiro atoms. The van der Waals surface area contributed by atoms with E-state index in [0.29, 0.717) is 0 Å². The van der Waals surface area contributed by atoms with Crippen molar-refractivity contribution in [2.75, 3.05) is 0 Å². The van der Waals surface area contributed by atoms with Crippen LogP contribution in [0, 0.1) is 40.0 Å². The first-order chi connectivity index (χ1) is 29.6. The third-order valence-corrected chi connectivity index (χ3v) is 10.5. The molecule has 7 aromatic carbocycles. The Morgan fingerprint density at radius 1 is 0.627 bits per heavy atom. The van der Waals surface area contributed by atoms with E-state index in [1.165, 1.54) is 28.5 Å². The van der Waals surface area contributed by atoms with Crippen LogP contribution in [0.3, 0.4) is 0 Å². The average molecular weight is 943 g/mol. The van der Waals surface area contributed by atoms with Gasteiger partial charge in [-0.05, 0) is 102 Å². The number of hydrogen-bond acceptors (Lipinski definition) is 3. The van der Waals surface area contributed by atoms with Gasteiger partial charge in [0.25, 0.3) is 0 Å². The minimum Gasteiger partial charge on any atom is -0.557 e. The SMILES string of the molecule is Cc1cc(-c2ccccc2)c(-n2c(-c3[c-]oc4ccc(-c5c(C)cccc5C)cc34)nc3ccccc32)c(-c2ccccc2)c1.[2H]C([2H])([2H])c1ccc(-c2[c-]cccc2)nc1.[Ir]. The van der Waals surface area contributed by atoms with Crippen LogP contribution < -0.4 is 0 Å². The number of aryl methyl sites for hydroxylation is 4. The molecule has 1 radical (unpaired) electrons. The summed E-state index contributed by atoms with van der Waals surface area (Å²) in [5.74, 6) is 0.798. The van der Waals surface area contributed by atoms with Gasteiger partial charge in [-0.1, -0.05) is 132 Å². The zero-order valence-corrected chi connectivity index (χ0v) is 35.2. The molecule has 10 rings (SSSR count). The number of fused-ring (bicyclic) bond motifs is 2. The van der Waals surface area contributed by atoms with E-state index < -0.39 is 6.85 Å². The topological polar surface area (TPSA) is 43.9 Å². The van der Waals surface area contributed by atoms with Crippen LogP contribution in [-0.4, -0.2) is 14.5 Å². The Morgan fingerprint density at radius 2 is 1.31 bits per heavy atom. The van der Waals surface area contributed by atoms with Gasteiger partial charge in [-0.2, -0.15) is 0 Å². The molecule has 4 nitrogen and oxygen atoms in total. The van der Waals surface area contributed by atoms with Gasteiger partial charge in [0, 0.05) is 53.4 Å². The summed E-state index contributed by atoms with van der Waals surface area (Å²) in [4.78, 5) is 9.41. The van der Waals surface area contributed by atoms with Crippen LogP contribution in [0.25, 0.3) is 83.7 Å². The maximum Gasteiger partial charge on any atom is 0.0774 e. The monoisotopic (exact) mass is 943 g/mol. The summed E-state index contributed by atoms with van der Waals surface area (Å²) in [6, 6.07) is 60.8. The minimum absolute atomic E-state index is 0. The fourth-order valence-corrected chi connectivity index (χ4v) is 7.79. The van der Waals surface area contributed by atoms with Gasteiger partial charge >= 0.3 is 0 Å². The normalized spacial score (nSPS) is 11.9. The quantitative estimate of drug-likeness (QED) is 0.156. The number of nitrogens with zero attached hydrogens (tertiary/aromatic N) is 3. The van der Waals surface area contributed by atoms with Crippen molar-refractivity contribution in [1.82, 2.24) is 14.5 Å². The van der Waals surface area contributed by atoms with Gasteiger partial charge in [0.2, 0.25) is 0 Å². The number of hydrogen-bond donors (Lipinski definition) is 0. The maximum atomic E-state index is 7.23. The van der Waals surface area contributed by atoms with Crippen molar-refractivity contribution in [3.63, 3.8) is 0 Å². The summed E-state index contributed by atoms with van der Waals surface area (Å²) in [5, 5.41) is 0.987. The first kappa shape index (κ1) is 35.5. The second kappa shape index (κ2) is 17.1. The summed E-state index contributed by atoms with van der Waals surface area (Å²) < 4.78 is 30.1. The standard InChI is InChI=1S/C42H31N2O.C12H10N.Ir/c1-27-23-33(30-15-6-4-7-16-30)41(34(24-27)31-17-8-5-9-18-31)44-38-20-11-10-19-37(38)43-42(44)36-26-45-39-22-21-32(25-35(36)39)40-28(2)13-12-14-29(40)3;1-10-7-8-12(13-9-10)11-5-3-2-4-6-11;/h4-25H,1-3H3;2-5,7-9H,1H3;/q2*-1;/i;1D3;. The molecule has 0 saturated heterocycles. The largest absolute Gasteiger partial charge is 0.557 e. The van der Waals surface area contributed by atoms with E-state index >= 15 is 0 Å². The second-order valence-electron chi connectivity index (χ2n) is 14.5. The Bertz CT molecular complexity index is 3060. The van der Waals surface area contributed by atoms with Crippen molar-refractivity contribution in [2.45, 2.75) is 27.6 Å². The van der Waals surface area contributed by atoms with Crippen LogP contribution in [-0.2, 0) is 20.1 Å². The van der Waals surface area contributed by atoms with Gasteiger partial charge in [0.15, 0.2) is 0 Å². The number of aromatic nitrogens is 3. The van der Waals surface area contributed by atoms with Gasteiger partial charge < -0.3 is 14.0 Å². The molecule has 289 valence electrons. The Labute approximate surface area is 363 Å². The fourth-order valence-electron chi connectivity index (χ4n) is 7.79. The van der Waals surface area contributed by atoms with Crippen molar-refractivity contribution < 1.29 is 28.6 Å². The van der Waals surface area contributed by atoms with Crippen LogP contribution in [0.5, 0.6) is 0 Å². The van der Waals surface area contributed by atoms with Crippen molar-refractivity contribution >= 4 is 22.0 Å². The third kappa shape index (κ3) is 7.83. The Hall–Kier alpha value is -6.65. The average Bonchev–Trinajstić information content (AvgIpc) is 3.88. The maximum absolute atomic E-state index is 7.23. The fraction of sp³-hybridized carbons (Fsp3) is 0.0741. The molecule has 59 heavy (non-hydrogen) atoms. The molecule has 0 bridgehead atoms. The molecule has 0 N–H and O–H groups in total. The molecule has 10 aromatic rings. The van der Waals surface area contributed by atoms with Gasteiger partial charge in [0.1, 0.15) is 0 Å². The molecule has 0 aliphatic heterocycles. The van der Waals surface area contributed by atoms with Gasteiger partial charge in [-0.3, -0.25) is 4.98 Å². The van der Waals surface area contributed by atoms with E-state index in [0.717, 1.165) is 78.2 Å². The second-order valence-corrected chi connectivity index (χ2v) is 14.5. The predicted molar refractivity (Wildman–Crippen MR) is 239 cm³/mol. The zero-order valence-electron chi connectivity index (χ0n) is 35.8. The number of pyridine rings is 1. The zero-order chi connectivity index (χ0) is 42.1. The predicted octanol–water partition coefficient (Wildman–Crippen LogP) is 14.0. The minimum atomic E-state index is -2.09. The summed E-state index contributed by atoms with van der Waals surface area (Å²) >= 11 is 0. The van der Waals surface area contributed by atoms with Crippen molar-refractivity contribution in [3.05, 3.63) is 211 Å². The molecule has 0 unspecified atom stereocenters. The smallest absolute Gasteiger partial charge is 0.0774 e. The molecule has 0 atom stereocenters. The number of para-hydroxylation sites is 2. The number of benzene rings is 7. The van der Waals surface area contributed by atoms with Crippen molar-refractivity contribution in [2.24, 2.45) is 0 Å². The first-order valence-corrected chi connectivity index (χ1v) is 19.3. The van der Waals surface area contributed by atoms with E-state index in [1.807, 2.05) is 24.3 Å². The Kier molecular flexibility index (Phi) is 10.3. The molecule has 0 saturated carbocycles. The van der Waals surface area contributed by atoms with Gasteiger partial charge in [0.05, 0.1) is 22.5 Å². The van der Waals surface area contributed by atoms with Crippen LogP contribution in [0.2, 0.25) is 0 Å². The molecule has 5 heteroatoms. The molecular formula is C54H41IrN3O-2. The number of rotatable bonds is 6. The van der Waals surface area contributed by atoms with Crippen LogP contribution >= 0.6 is 0 Å². The first-order valence-electron chi connectivity index (χ1n) is 20.8. The summed E-state index contributed by atoms with van der Waals surface area (Å²) in [7, 11) is 0. The van der Waals surface area contributed by atoms with E-state index in [2.05, 4.69) is 170 Å². The van der Waals surface area contributed by atoms with E-state index in [1.54, 1.807) is 18.2 Å². The molecule has 0 amide bonds. The number of imidazole rings is 1. The Morgan fingerprint density at radius 3 is 1.95 bits per heavy atom. The van der Waals surface area contributed by atoms with Gasteiger partial charge in [-0.25, -0.2) is 0 Å². The number of furan rings is 1. The van der Waals surface area contributed by atoms with Crippen LogP contribution in [0.4, 0.5) is 0 Å². The summed E-state index contributed by atoms with van der Waals surface area (Å²) in [6.45, 7) is 4.41. The molecular weight excluding hydrogens is 899 g/mol. The molecule has 0 fully saturated rings. The summed E-state index contributed by atoms with van der Waals surface area (Å²) in [5.41, 5.74) is 17.2.